The van der Waals surface area contributed by atoms with Gasteiger partial charge in [-0.2, -0.15) is 0 Å². The highest BCUT2D eigenvalue weighted by molar-refractivity contribution is 6.37. The van der Waals surface area contributed by atoms with E-state index in [1.165, 1.54) is 0 Å². The molecule has 2 aromatic rings. The Labute approximate surface area is 188 Å². The van der Waals surface area contributed by atoms with Gasteiger partial charge in [-0.15, -0.1) is 0 Å². The molecule has 1 amide bonds. The van der Waals surface area contributed by atoms with Crippen LogP contribution in [0, 0.1) is 0 Å². The molecule has 31 heavy (non-hydrogen) atoms. The highest BCUT2D eigenvalue weighted by atomic mass is 35.5. The number of hydrogen-bond acceptors (Lipinski definition) is 6. The summed E-state index contributed by atoms with van der Waals surface area (Å²) in [7, 11) is 0. The number of nitrogens with zero attached hydrogens (tertiary/aromatic N) is 1. The lowest BCUT2D eigenvalue weighted by atomic mass is 9.72. The standard InChI is InChI=1S/C22H19Cl2N3O4/c1-22-6-2-3-13-17(5-4-16(19(13)22)26-21(22)29)30-20-14(23)7-11(8-15(20)24)25-10-12-9-18(28)31-27-12/h4-5,7-8,25H,2-3,6,9-10H2,1H3,(H,26,29). The number of carbonyl (C=O) groups is 2. The van der Waals surface area contributed by atoms with Crippen LogP contribution in [0.3, 0.4) is 0 Å². The predicted molar refractivity (Wildman–Crippen MR) is 119 cm³/mol. The summed E-state index contributed by atoms with van der Waals surface area (Å²) < 4.78 is 6.18. The number of nitrogens with one attached hydrogen (secondary N) is 2. The summed E-state index contributed by atoms with van der Waals surface area (Å²) in [4.78, 5) is 28.2. The molecule has 1 atom stereocenters. The molecule has 0 aromatic heterocycles. The van der Waals surface area contributed by atoms with E-state index < -0.39 is 5.41 Å². The molecule has 0 fully saturated rings. The third-order valence-electron chi connectivity index (χ3n) is 6.01. The van der Waals surface area contributed by atoms with E-state index in [-0.39, 0.29) is 18.3 Å². The molecule has 5 rings (SSSR count). The van der Waals surface area contributed by atoms with Crippen molar-refractivity contribution in [2.45, 2.75) is 38.0 Å². The Balaban J connectivity index is 1.41. The average Bonchev–Trinajstić information content (AvgIpc) is 3.26. The van der Waals surface area contributed by atoms with Crippen molar-refractivity contribution >= 4 is 52.2 Å². The number of carbonyl (C=O) groups excluding carboxylic acids is 2. The number of benzene rings is 2. The molecule has 2 N–H and O–H groups in total. The summed E-state index contributed by atoms with van der Waals surface area (Å²) in [5.74, 6) is 0.669. The lowest BCUT2D eigenvalue weighted by Gasteiger charge is -2.30. The zero-order valence-electron chi connectivity index (χ0n) is 16.7. The Morgan fingerprint density at radius 2 is 2.03 bits per heavy atom. The van der Waals surface area contributed by atoms with E-state index in [4.69, 9.17) is 27.9 Å². The normalized spacial score (nSPS) is 21.3. The van der Waals surface area contributed by atoms with Crippen LogP contribution >= 0.6 is 23.2 Å². The Kier molecular flexibility index (Phi) is 4.83. The number of rotatable bonds is 5. The quantitative estimate of drug-likeness (QED) is 0.610. The van der Waals surface area contributed by atoms with E-state index in [0.29, 0.717) is 39.5 Å². The number of halogens is 2. The van der Waals surface area contributed by atoms with Crippen molar-refractivity contribution in [1.82, 2.24) is 0 Å². The van der Waals surface area contributed by atoms with E-state index in [1.807, 2.05) is 19.1 Å². The van der Waals surface area contributed by atoms with Crippen LogP contribution in [-0.2, 0) is 26.3 Å². The van der Waals surface area contributed by atoms with Crippen molar-refractivity contribution in [2.24, 2.45) is 5.16 Å². The van der Waals surface area contributed by atoms with Gasteiger partial charge in [0.2, 0.25) is 5.91 Å². The number of ether oxygens (including phenoxy) is 1. The topological polar surface area (TPSA) is 89.0 Å². The SMILES string of the molecule is CC12CCCc3c(Oc4c(Cl)cc(NCC5=NOC(=O)C5)cc4Cl)ccc(c31)NC2=O. The fourth-order valence-electron chi connectivity index (χ4n) is 4.45. The van der Waals surface area contributed by atoms with Gasteiger partial charge in [-0.3, -0.25) is 4.79 Å². The minimum absolute atomic E-state index is 0.0334. The smallest absolute Gasteiger partial charge is 0.340 e. The van der Waals surface area contributed by atoms with Crippen molar-refractivity contribution in [1.29, 1.82) is 0 Å². The fraction of sp³-hybridized carbons (Fsp3) is 0.318. The number of amides is 1. The monoisotopic (exact) mass is 459 g/mol. The molecule has 3 aliphatic rings. The molecule has 160 valence electrons. The van der Waals surface area contributed by atoms with Gasteiger partial charge < -0.3 is 20.2 Å². The molecule has 7 nitrogen and oxygen atoms in total. The molecular weight excluding hydrogens is 441 g/mol. The Hall–Kier alpha value is -2.77. The minimum Gasteiger partial charge on any atom is -0.454 e. The molecular formula is C22H19Cl2N3O4. The van der Waals surface area contributed by atoms with Crippen LogP contribution in [0.4, 0.5) is 11.4 Å². The summed E-state index contributed by atoms with van der Waals surface area (Å²) in [6.45, 7) is 2.32. The molecule has 2 aromatic carbocycles. The molecule has 0 bridgehead atoms. The summed E-state index contributed by atoms with van der Waals surface area (Å²) in [6.07, 6.45) is 2.69. The first-order valence-electron chi connectivity index (χ1n) is 9.99. The number of hydrogen-bond donors (Lipinski definition) is 2. The number of oxime groups is 1. The first-order chi connectivity index (χ1) is 14.8. The van der Waals surface area contributed by atoms with Crippen molar-refractivity contribution in [3.8, 4) is 11.5 Å². The van der Waals surface area contributed by atoms with Gasteiger partial charge in [-0.25, -0.2) is 4.79 Å². The van der Waals surface area contributed by atoms with Crippen molar-refractivity contribution in [3.63, 3.8) is 0 Å². The molecule has 2 heterocycles. The zero-order valence-corrected chi connectivity index (χ0v) is 18.2. The van der Waals surface area contributed by atoms with Gasteiger partial charge in [0, 0.05) is 16.9 Å². The van der Waals surface area contributed by atoms with Gasteiger partial charge in [0.05, 0.1) is 34.1 Å². The second kappa shape index (κ2) is 7.43. The van der Waals surface area contributed by atoms with E-state index in [9.17, 15) is 9.59 Å². The van der Waals surface area contributed by atoms with Crippen LogP contribution in [0.5, 0.6) is 11.5 Å². The van der Waals surface area contributed by atoms with Crippen molar-refractivity contribution < 1.29 is 19.2 Å². The Morgan fingerprint density at radius 3 is 2.74 bits per heavy atom. The first kappa shape index (κ1) is 20.2. The van der Waals surface area contributed by atoms with Crippen molar-refractivity contribution in [3.05, 3.63) is 45.4 Å². The van der Waals surface area contributed by atoms with Crippen LogP contribution in [0.25, 0.3) is 0 Å². The largest absolute Gasteiger partial charge is 0.454 e. The highest BCUT2D eigenvalue weighted by Crippen LogP contribution is 2.50. The van der Waals surface area contributed by atoms with Gasteiger partial charge in [0.25, 0.3) is 0 Å². The maximum Gasteiger partial charge on any atom is 0.340 e. The summed E-state index contributed by atoms with van der Waals surface area (Å²) in [5.41, 5.74) is 3.62. The van der Waals surface area contributed by atoms with Gasteiger partial charge in [0.15, 0.2) is 5.75 Å². The molecule has 0 spiro atoms. The first-order valence-corrected chi connectivity index (χ1v) is 10.7. The number of anilines is 2. The van der Waals surface area contributed by atoms with Gasteiger partial charge >= 0.3 is 5.97 Å². The van der Waals surface area contributed by atoms with Crippen LogP contribution in [0.2, 0.25) is 10.0 Å². The van der Waals surface area contributed by atoms with Crippen LogP contribution in [-0.4, -0.2) is 24.1 Å². The van der Waals surface area contributed by atoms with Crippen LogP contribution in [0.1, 0.15) is 37.3 Å². The molecule has 0 saturated carbocycles. The lowest BCUT2D eigenvalue weighted by Crippen LogP contribution is -2.34. The summed E-state index contributed by atoms with van der Waals surface area (Å²) >= 11 is 13.0. The molecule has 0 radical (unpaired) electrons. The Bertz CT molecular complexity index is 1140. The summed E-state index contributed by atoms with van der Waals surface area (Å²) in [5, 5.41) is 10.5. The van der Waals surface area contributed by atoms with Gasteiger partial charge in [-0.05, 0) is 56.0 Å². The van der Waals surface area contributed by atoms with Crippen molar-refractivity contribution in [2.75, 3.05) is 17.2 Å². The predicted octanol–water partition coefficient (Wildman–Crippen LogP) is 5.05. The molecule has 0 saturated heterocycles. The highest BCUT2D eigenvalue weighted by Gasteiger charge is 2.46. The maximum atomic E-state index is 12.5. The third kappa shape index (κ3) is 3.42. The van der Waals surface area contributed by atoms with Gasteiger partial charge in [0.1, 0.15) is 5.75 Å². The van der Waals surface area contributed by atoms with Crippen LogP contribution in [0.15, 0.2) is 29.4 Å². The molecule has 2 aliphatic heterocycles. The minimum atomic E-state index is -0.530. The zero-order chi connectivity index (χ0) is 21.8. The maximum absolute atomic E-state index is 12.5. The Morgan fingerprint density at radius 1 is 1.26 bits per heavy atom. The molecule has 1 unspecified atom stereocenters. The average molecular weight is 460 g/mol. The van der Waals surface area contributed by atoms with E-state index in [0.717, 1.165) is 36.1 Å². The van der Waals surface area contributed by atoms with Gasteiger partial charge in [-0.1, -0.05) is 28.4 Å². The van der Waals surface area contributed by atoms with E-state index in [1.54, 1.807) is 12.1 Å². The van der Waals surface area contributed by atoms with Crippen LogP contribution < -0.4 is 15.4 Å². The third-order valence-corrected chi connectivity index (χ3v) is 6.57. The fourth-order valence-corrected chi connectivity index (χ4v) is 5.02. The van der Waals surface area contributed by atoms with E-state index in [2.05, 4.69) is 20.6 Å². The second-order valence-electron chi connectivity index (χ2n) is 8.13. The summed E-state index contributed by atoms with van der Waals surface area (Å²) in [6, 6.07) is 7.12. The van der Waals surface area contributed by atoms with E-state index >= 15 is 0 Å². The molecule has 9 heteroatoms. The molecule has 1 aliphatic carbocycles. The second-order valence-corrected chi connectivity index (χ2v) is 8.94. The lowest BCUT2D eigenvalue weighted by molar-refractivity contribution is -0.140.